The van der Waals surface area contributed by atoms with Gasteiger partial charge in [-0.2, -0.15) is 0 Å². The van der Waals surface area contributed by atoms with Crippen LogP contribution in [0.4, 0.5) is 17.1 Å². The SMILES string of the molecule is CC1(C)c2ccccc2-c2ccc(N(c3ccc4c(c3)c3cc5nc(-c6ccccc6)oc5c5c6ccccc6n4c35)c3cccc4ccccc34)cc21. The van der Waals surface area contributed by atoms with Gasteiger partial charge in [-0.05, 0) is 88.3 Å². The van der Waals surface area contributed by atoms with Gasteiger partial charge in [-0.1, -0.05) is 117 Å². The molecule has 0 amide bonds. The van der Waals surface area contributed by atoms with Gasteiger partial charge >= 0.3 is 0 Å². The van der Waals surface area contributed by atoms with E-state index in [1.165, 1.54) is 60.2 Å². The van der Waals surface area contributed by atoms with E-state index in [1.807, 2.05) is 18.2 Å². The molecule has 0 saturated carbocycles. The zero-order chi connectivity index (χ0) is 35.7. The molecule has 0 fully saturated rings. The molecule has 54 heavy (non-hydrogen) atoms. The molecular formula is C50H33N3O. The predicted octanol–water partition coefficient (Wildman–Crippen LogP) is 13.6. The summed E-state index contributed by atoms with van der Waals surface area (Å²) in [5.41, 5.74) is 14.8. The van der Waals surface area contributed by atoms with Crippen molar-refractivity contribution in [2.75, 3.05) is 4.90 Å². The second-order valence-electron chi connectivity index (χ2n) is 15.2. The highest BCUT2D eigenvalue weighted by atomic mass is 16.3. The Bertz CT molecular complexity index is 3310. The highest BCUT2D eigenvalue weighted by molar-refractivity contribution is 6.30. The molecule has 8 aromatic carbocycles. The summed E-state index contributed by atoms with van der Waals surface area (Å²) in [6.07, 6.45) is 0. The molecule has 3 heterocycles. The minimum absolute atomic E-state index is 0.119. The van der Waals surface area contributed by atoms with Crippen LogP contribution < -0.4 is 4.90 Å². The summed E-state index contributed by atoms with van der Waals surface area (Å²) in [7, 11) is 0. The summed E-state index contributed by atoms with van der Waals surface area (Å²) in [5, 5.41) is 7.05. The second-order valence-corrected chi connectivity index (χ2v) is 15.2. The van der Waals surface area contributed by atoms with Gasteiger partial charge in [0.05, 0.1) is 27.6 Å². The molecule has 0 radical (unpaired) electrons. The topological polar surface area (TPSA) is 33.7 Å². The van der Waals surface area contributed by atoms with E-state index in [9.17, 15) is 0 Å². The summed E-state index contributed by atoms with van der Waals surface area (Å²) in [6.45, 7) is 4.71. The Morgan fingerprint density at radius 2 is 1.26 bits per heavy atom. The molecule has 3 aromatic heterocycles. The van der Waals surface area contributed by atoms with Gasteiger partial charge in [0.1, 0.15) is 5.52 Å². The van der Waals surface area contributed by atoms with Crippen LogP contribution in [0.5, 0.6) is 0 Å². The first-order valence-electron chi connectivity index (χ1n) is 18.6. The molecule has 0 atom stereocenters. The Morgan fingerprint density at radius 3 is 2.17 bits per heavy atom. The third-order valence-electron chi connectivity index (χ3n) is 11.9. The van der Waals surface area contributed by atoms with Crippen LogP contribution in [0.1, 0.15) is 25.0 Å². The number of para-hydroxylation sites is 1. The van der Waals surface area contributed by atoms with E-state index in [4.69, 9.17) is 9.40 Å². The Kier molecular flexibility index (Phi) is 5.81. The van der Waals surface area contributed by atoms with Crippen molar-refractivity contribution in [3.63, 3.8) is 0 Å². The zero-order valence-electron chi connectivity index (χ0n) is 29.8. The van der Waals surface area contributed by atoms with Gasteiger partial charge < -0.3 is 13.7 Å². The normalized spacial score (nSPS) is 13.5. The first kappa shape index (κ1) is 29.6. The molecule has 0 spiro atoms. The standard InChI is InChI=1S/C50H33N3O/c1-50(2)40-20-10-8-18-35(40)36-25-23-33(28-41(36)50)52(43-22-12-16-30-13-6-7-17-34(30)43)32-24-26-45-38(27-32)39-29-42-48(54-49(51-42)31-14-4-3-5-15-31)46-37-19-9-11-21-44(37)53(45)47(39)46/h3-29H,1-2H3. The average Bonchev–Trinajstić information content (AvgIpc) is 3.95. The second kappa shape index (κ2) is 10.6. The lowest BCUT2D eigenvalue weighted by Crippen LogP contribution is -2.16. The molecule has 0 N–H and O–H groups in total. The van der Waals surface area contributed by atoms with Crippen LogP contribution in [0.3, 0.4) is 0 Å². The number of rotatable bonds is 4. The van der Waals surface area contributed by atoms with Crippen LogP contribution in [-0.2, 0) is 5.41 Å². The van der Waals surface area contributed by atoms with Crippen LogP contribution in [0.25, 0.3) is 82.5 Å². The lowest BCUT2D eigenvalue weighted by molar-refractivity contribution is 0.623. The van der Waals surface area contributed by atoms with Gasteiger partial charge in [0.2, 0.25) is 5.89 Å². The number of hydrogen-bond acceptors (Lipinski definition) is 3. The van der Waals surface area contributed by atoms with Crippen LogP contribution in [0.15, 0.2) is 168 Å². The van der Waals surface area contributed by atoms with Gasteiger partial charge in [0.15, 0.2) is 5.58 Å². The van der Waals surface area contributed by atoms with Crippen LogP contribution in [0, 0.1) is 0 Å². The van der Waals surface area contributed by atoms with Crippen molar-refractivity contribution in [2.45, 2.75) is 19.3 Å². The largest absolute Gasteiger partial charge is 0.435 e. The predicted molar refractivity (Wildman–Crippen MR) is 224 cm³/mol. The van der Waals surface area contributed by atoms with Gasteiger partial charge in [-0.25, -0.2) is 4.98 Å². The molecule has 0 aliphatic heterocycles. The van der Waals surface area contributed by atoms with Crippen LogP contribution >= 0.6 is 0 Å². The maximum absolute atomic E-state index is 6.63. The van der Waals surface area contributed by atoms with E-state index in [0.29, 0.717) is 5.89 Å². The zero-order valence-corrected chi connectivity index (χ0v) is 29.8. The van der Waals surface area contributed by atoms with E-state index in [1.54, 1.807) is 0 Å². The van der Waals surface area contributed by atoms with E-state index in [2.05, 4.69) is 169 Å². The molecule has 4 heteroatoms. The first-order valence-corrected chi connectivity index (χ1v) is 18.6. The van der Waals surface area contributed by atoms with Crippen LogP contribution in [0.2, 0.25) is 0 Å². The Morgan fingerprint density at radius 1 is 0.556 bits per heavy atom. The molecule has 0 unspecified atom stereocenters. The number of fused-ring (bicyclic) bond motifs is 12. The quantitative estimate of drug-likeness (QED) is 0.184. The lowest BCUT2D eigenvalue weighted by atomic mass is 9.82. The molecule has 11 aromatic rings. The molecule has 0 saturated heterocycles. The molecule has 4 nitrogen and oxygen atoms in total. The highest BCUT2D eigenvalue weighted by Crippen LogP contribution is 2.52. The molecule has 254 valence electrons. The summed E-state index contributed by atoms with van der Waals surface area (Å²) in [5.74, 6) is 0.638. The molecule has 1 aliphatic carbocycles. The smallest absolute Gasteiger partial charge is 0.227 e. The Balaban J connectivity index is 1.14. The maximum atomic E-state index is 6.63. The number of anilines is 3. The van der Waals surface area contributed by atoms with Crippen molar-refractivity contribution in [1.82, 2.24) is 9.38 Å². The number of oxazole rings is 1. The van der Waals surface area contributed by atoms with Crippen molar-refractivity contribution in [3.05, 3.63) is 175 Å². The molecule has 12 rings (SSSR count). The van der Waals surface area contributed by atoms with E-state index >= 15 is 0 Å². The Labute approximate surface area is 311 Å². The summed E-state index contributed by atoms with van der Waals surface area (Å²) in [6, 6.07) is 59.3. The summed E-state index contributed by atoms with van der Waals surface area (Å²) in [4.78, 5) is 7.54. The first-order chi connectivity index (χ1) is 26.5. The maximum Gasteiger partial charge on any atom is 0.227 e. The monoisotopic (exact) mass is 691 g/mol. The minimum atomic E-state index is -0.119. The van der Waals surface area contributed by atoms with Gasteiger partial charge in [-0.3, -0.25) is 0 Å². The van der Waals surface area contributed by atoms with E-state index in [-0.39, 0.29) is 5.41 Å². The lowest BCUT2D eigenvalue weighted by Gasteiger charge is -2.29. The molecule has 1 aliphatic rings. The third kappa shape index (κ3) is 3.89. The number of nitrogens with zero attached hydrogens (tertiary/aromatic N) is 3. The fraction of sp³-hybridized carbons (Fsp3) is 0.0600. The van der Waals surface area contributed by atoms with E-state index in [0.717, 1.165) is 44.6 Å². The van der Waals surface area contributed by atoms with Crippen molar-refractivity contribution in [3.8, 4) is 22.6 Å². The highest BCUT2D eigenvalue weighted by Gasteiger charge is 2.36. The number of benzene rings is 8. The summed E-state index contributed by atoms with van der Waals surface area (Å²) < 4.78 is 9.05. The summed E-state index contributed by atoms with van der Waals surface area (Å²) >= 11 is 0. The van der Waals surface area contributed by atoms with Crippen molar-refractivity contribution >= 4 is 77.0 Å². The fourth-order valence-electron chi connectivity index (χ4n) is 9.43. The van der Waals surface area contributed by atoms with Crippen molar-refractivity contribution in [2.24, 2.45) is 0 Å². The van der Waals surface area contributed by atoms with Gasteiger partial charge in [0.25, 0.3) is 0 Å². The molecule has 0 bridgehead atoms. The van der Waals surface area contributed by atoms with Crippen molar-refractivity contribution in [1.29, 1.82) is 0 Å². The fourth-order valence-corrected chi connectivity index (χ4v) is 9.43. The minimum Gasteiger partial charge on any atom is -0.435 e. The van der Waals surface area contributed by atoms with Gasteiger partial charge in [-0.15, -0.1) is 0 Å². The Hall–Kier alpha value is -6.91. The van der Waals surface area contributed by atoms with Crippen LogP contribution in [-0.4, -0.2) is 9.38 Å². The third-order valence-corrected chi connectivity index (χ3v) is 11.9. The number of hydrogen-bond donors (Lipinski definition) is 0. The number of aromatic nitrogens is 2. The van der Waals surface area contributed by atoms with Gasteiger partial charge in [0, 0.05) is 43.9 Å². The average molecular weight is 692 g/mol. The van der Waals surface area contributed by atoms with Crippen molar-refractivity contribution < 1.29 is 4.42 Å². The molecular weight excluding hydrogens is 659 g/mol. The van der Waals surface area contributed by atoms with E-state index < -0.39 is 0 Å².